The number of hydrogen-bond acceptors (Lipinski definition) is 3. The van der Waals surface area contributed by atoms with Gasteiger partial charge in [0.2, 0.25) is 0 Å². The molecule has 2 atom stereocenters. The third kappa shape index (κ3) is 3.42. The first-order valence-corrected chi connectivity index (χ1v) is 3.06. The summed E-state index contributed by atoms with van der Waals surface area (Å²) in [4.78, 5) is 10.1. The molecule has 0 saturated heterocycles. The van der Waals surface area contributed by atoms with Gasteiger partial charge in [0.15, 0.2) is 0 Å². The van der Waals surface area contributed by atoms with Gasteiger partial charge in [-0.15, -0.1) is 0 Å². The average molecular weight is 148 g/mol. The highest BCUT2D eigenvalue weighted by Crippen LogP contribution is 2.03. The minimum Gasteiger partial charge on any atom is -0.548 e. The lowest BCUT2D eigenvalue weighted by molar-refractivity contribution is -0.308. The molecule has 0 radical (unpaired) electrons. The van der Waals surface area contributed by atoms with Crippen molar-refractivity contribution < 1.29 is 9.90 Å². The van der Waals surface area contributed by atoms with Gasteiger partial charge >= 0.3 is 0 Å². The van der Waals surface area contributed by atoms with E-state index in [2.05, 4.69) is 0 Å². The highest BCUT2D eigenvalue weighted by Gasteiger charge is 2.10. The van der Waals surface area contributed by atoms with E-state index in [9.17, 15) is 9.90 Å². The molecular weight excluding hydrogens is 132 g/mol. The highest BCUT2D eigenvalue weighted by atomic mass is 16.4. The smallest absolute Gasteiger partial charge is 0.0584 e. The van der Waals surface area contributed by atoms with Crippen molar-refractivity contribution in [2.24, 2.45) is 11.7 Å². The maximum Gasteiger partial charge on any atom is 0.0584 e. The van der Waals surface area contributed by atoms with Crippen LogP contribution in [0.2, 0.25) is 0 Å². The van der Waals surface area contributed by atoms with Gasteiger partial charge < -0.3 is 21.8 Å². The van der Waals surface area contributed by atoms with Crippen LogP contribution < -0.4 is 17.0 Å². The van der Waals surface area contributed by atoms with Gasteiger partial charge in [-0.2, -0.15) is 0 Å². The number of carboxylic acids is 1. The second kappa shape index (κ2) is 5.20. The Hall–Kier alpha value is -0.610. The number of rotatable bonds is 3. The molecule has 62 valence electrons. The molecule has 4 nitrogen and oxygen atoms in total. The molecule has 0 spiro atoms. The van der Waals surface area contributed by atoms with Crippen LogP contribution in [0, 0.1) is 5.92 Å². The van der Waals surface area contributed by atoms with E-state index in [-0.39, 0.29) is 12.1 Å². The molecule has 0 unspecified atom stereocenters. The summed E-state index contributed by atoms with van der Waals surface area (Å²) in [5, 5.41) is 10.1. The van der Waals surface area contributed by atoms with Gasteiger partial charge in [0.05, 0.1) is 5.97 Å². The summed E-state index contributed by atoms with van der Waals surface area (Å²) in [5.41, 5.74) is 5.21. The quantitative estimate of drug-likeness (QED) is 0.563. The predicted molar refractivity (Wildman–Crippen MR) is 38.4 cm³/mol. The van der Waals surface area contributed by atoms with E-state index in [1.807, 2.05) is 6.92 Å². The zero-order chi connectivity index (χ0) is 7.44. The largest absolute Gasteiger partial charge is 0.548 e. The second-order valence-corrected chi connectivity index (χ2v) is 2.23. The lowest BCUT2D eigenvalue weighted by Crippen LogP contribution is -2.45. The number of nitrogens with two attached hydrogens (primary N) is 1. The SMILES string of the molecule is CC[C@H](C)[C@H](N)C(=O)[O-].[NH4+]. The molecule has 0 heterocycles. The van der Waals surface area contributed by atoms with E-state index < -0.39 is 12.0 Å². The Labute approximate surface area is 61.0 Å². The van der Waals surface area contributed by atoms with Gasteiger partial charge in [0, 0.05) is 6.04 Å². The topological polar surface area (TPSA) is 103 Å². The molecule has 0 aliphatic rings. The predicted octanol–water partition coefficient (Wildman–Crippen LogP) is -0.514. The Morgan fingerprint density at radius 2 is 2.10 bits per heavy atom. The Balaban J connectivity index is 0. The standard InChI is InChI=1S/C6H13NO2.H3N/c1-3-4(2)5(7)6(8)9;/h4-5H,3,7H2,1-2H3,(H,8,9);1H3/t4-,5-;/m0./s1. The third-order valence-corrected chi connectivity index (χ3v) is 1.53. The first-order chi connectivity index (χ1) is 4.09. The van der Waals surface area contributed by atoms with Crippen LogP contribution in [-0.2, 0) is 4.79 Å². The minimum atomic E-state index is -1.16. The monoisotopic (exact) mass is 148 g/mol. The lowest BCUT2D eigenvalue weighted by atomic mass is 10.0. The van der Waals surface area contributed by atoms with E-state index in [0.29, 0.717) is 0 Å². The molecule has 0 fully saturated rings. The van der Waals surface area contributed by atoms with Crippen molar-refractivity contribution in [2.45, 2.75) is 26.3 Å². The van der Waals surface area contributed by atoms with Crippen LogP contribution in [0.4, 0.5) is 0 Å². The number of carbonyl (C=O) groups excluding carboxylic acids is 1. The summed E-state index contributed by atoms with van der Waals surface area (Å²) in [5.74, 6) is -1.15. The van der Waals surface area contributed by atoms with Crippen molar-refractivity contribution in [3.05, 3.63) is 0 Å². The van der Waals surface area contributed by atoms with Crippen molar-refractivity contribution in [2.75, 3.05) is 0 Å². The molecule has 0 rings (SSSR count). The van der Waals surface area contributed by atoms with Gasteiger partial charge in [-0.1, -0.05) is 20.3 Å². The average Bonchev–Trinajstić information content (AvgIpc) is 1.84. The summed E-state index contributed by atoms with van der Waals surface area (Å²) in [6.07, 6.45) is 0.773. The molecule has 6 N–H and O–H groups in total. The van der Waals surface area contributed by atoms with Crippen LogP contribution >= 0.6 is 0 Å². The second-order valence-electron chi connectivity index (χ2n) is 2.23. The van der Waals surface area contributed by atoms with Crippen molar-refractivity contribution in [1.82, 2.24) is 6.15 Å². The summed E-state index contributed by atoms with van der Waals surface area (Å²) in [7, 11) is 0. The van der Waals surface area contributed by atoms with Gasteiger partial charge in [-0.25, -0.2) is 0 Å². The molecular formula is C6H16N2O2. The molecule has 0 aromatic heterocycles. The molecule has 0 aliphatic carbocycles. The van der Waals surface area contributed by atoms with Gasteiger partial charge in [-0.3, -0.25) is 0 Å². The molecule has 0 bridgehead atoms. The number of carboxylic acid groups (broad SMARTS) is 1. The van der Waals surface area contributed by atoms with Crippen LogP contribution in [0.15, 0.2) is 0 Å². The van der Waals surface area contributed by atoms with E-state index in [0.717, 1.165) is 6.42 Å². The fraction of sp³-hybridized carbons (Fsp3) is 0.833. The summed E-state index contributed by atoms with van der Waals surface area (Å²) >= 11 is 0. The van der Waals surface area contributed by atoms with Crippen LogP contribution in [-0.4, -0.2) is 12.0 Å². The summed E-state index contributed by atoms with van der Waals surface area (Å²) in [6.45, 7) is 3.69. The Morgan fingerprint density at radius 1 is 1.70 bits per heavy atom. The molecule has 0 aromatic rings. The van der Waals surface area contributed by atoms with Crippen molar-refractivity contribution in [1.29, 1.82) is 0 Å². The van der Waals surface area contributed by atoms with E-state index >= 15 is 0 Å². The Kier molecular flexibility index (Phi) is 6.29. The van der Waals surface area contributed by atoms with E-state index in [1.165, 1.54) is 0 Å². The molecule has 0 amide bonds. The van der Waals surface area contributed by atoms with Crippen molar-refractivity contribution in [3.63, 3.8) is 0 Å². The lowest BCUT2D eigenvalue weighted by Gasteiger charge is -2.18. The fourth-order valence-corrected chi connectivity index (χ4v) is 0.486. The van der Waals surface area contributed by atoms with Gasteiger partial charge in [0.25, 0.3) is 0 Å². The number of aliphatic carboxylic acids is 1. The first-order valence-electron chi connectivity index (χ1n) is 3.06. The van der Waals surface area contributed by atoms with Crippen LogP contribution in [0.25, 0.3) is 0 Å². The van der Waals surface area contributed by atoms with Gasteiger partial charge in [-0.05, 0) is 5.92 Å². The zero-order valence-corrected chi connectivity index (χ0v) is 6.76. The number of hydrogen-bond donors (Lipinski definition) is 2. The number of carbonyl (C=O) groups is 1. The maximum atomic E-state index is 10.1. The molecule has 0 aliphatic heterocycles. The zero-order valence-electron chi connectivity index (χ0n) is 6.76. The summed E-state index contributed by atoms with van der Waals surface area (Å²) < 4.78 is 0. The highest BCUT2D eigenvalue weighted by molar-refractivity contribution is 5.71. The van der Waals surface area contributed by atoms with Crippen LogP contribution in [0.1, 0.15) is 20.3 Å². The maximum absolute atomic E-state index is 10.1. The fourth-order valence-electron chi connectivity index (χ4n) is 0.486. The van der Waals surface area contributed by atoms with Crippen LogP contribution in [0.3, 0.4) is 0 Å². The molecule has 0 saturated carbocycles. The van der Waals surface area contributed by atoms with Crippen molar-refractivity contribution >= 4 is 5.97 Å². The normalized spacial score (nSPS) is 15.1. The van der Waals surface area contributed by atoms with Gasteiger partial charge in [0.1, 0.15) is 0 Å². The molecule has 0 aromatic carbocycles. The van der Waals surface area contributed by atoms with Crippen LogP contribution in [0.5, 0.6) is 0 Å². The Bertz CT molecular complexity index is 106. The third-order valence-electron chi connectivity index (χ3n) is 1.53. The van der Waals surface area contributed by atoms with E-state index in [1.54, 1.807) is 6.92 Å². The molecule has 4 heteroatoms. The molecule has 10 heavy (non-hydrogen) atoms. The minimum absolute atomic E-state index is 0. The van der Waals surface area contributed by atoms with E-state index in [4.69, 9.17) is 5.73 Å². The number of quaternary nitrogens is 1. The summed E-state index contributed by atoms with van der Waals surface area (Å²) in [6, 6.07) is -0.810. The Morgan fingerprint density at radius 3 is 2.20 bits per heavy atom. The van der Waals surface area contributed by atoms with Crippen molar-refractivity contribution in [3.8, 4) is 0 Å². The first kappa shape index (κ1) is 12.1.